The second kappa shape index (κ2) is 25.1. The zero-order chi connectivity index (χ0) is 51.3. The summed E-state index contributed by atoms with van der Waals surface area (Å²) in [5.74, 6) is -3.86. The van der Waals surface area contributed by atoms with Gasteiger partial charge in [-0.05, 0) is 92.3 Å². The molecule has 0 saturated carbocycles. The highest BCUT2D eigenvalue weighted by atomic mass is 35.5. The Morgan fingerprint density at radius 1 is 0.957 bits per heavy atom. The van der Waals surface area contributed by atoms with Crippen molar-refractivity contribution in [3.63, 3.8) is 0 Å². The molecule has 5 rings (SSSR count). The van der Waals surface area contributed by atoms with Crippen molar-refractivity contribution in [2.45, 2.75) is 137 Å². The first kappa shape index (κ1) is 54.8. The van der Waals surface area contributed by atoms with Crippen molar-refractivity contribution in [2.75, 3.05) is 20.7 Å². The molecule has 2 aliphatic rings. The minimum atomic E-state index is -1.24. The number of cyclic esters (lactones) is 2. The van der Waals surface area contributed by atoms with Gasteiger partial charge in [-0.15, -0.1) is 10.2 Å². The number of halogens is 1. The van der Waals surface area contributed by atoms with E-state index in [1.807, 2.05) is 34.0 Å². The average molecular weight is 991 g/mol. The summed E-state index contributed by atoms with van der Waals surface area (Å²) in [6.45, 7) is 14.7. The van der Waals surface area contributed by atoms with Gasteiger partial charge in [0, 0.05) is 64.5 Å². The van der Waals surface area contributed by atoms with Crippen LogP contribution in [0.25, 0.3) is 0 Å². The Morgan fingerprint density at radius 3 is 2.30 bits per heavy atom. The largest absolute Gasteiger partial charge is 0.495 e. The van der Waals surface area contributed by atoms with Crippen LogP contribution >= 0.6 is 11.6 Å². The van der Waals surface area contributed by atoms with E-state index in [0.717, 1.165) is 16.8 Å². The van der Waals surface area contributed by atoms with E-state index in [2.05, 4.69) is 64.0 Å². The summed E-state index contributed by atoms with van der Waals surface area (Å²) in [7, 11) is 3.48. The van der Waals surface area contributed by atoms with Crippen LogP contribution in [0.4, 0.5) is 0 Å². The quantitative estimate of drug-likeness (QED) is 0.110. The molecule has 0 bridgehead atoms. The SMILES string of the molecule is COc1ccc(C[C@H]2NC(=O)/C=C/C[C@@H]([C@H](C)[C@@H](C)[C@H](C)c3ccc(CN(C)Cc4cn(CCCC(=O)ON5C(=O)CCC5=O)nn4)cc3)OC(=O)[C@H](CC(C)C)OC(=O)C(C)(C)CNC2=O)cc1Cl. The summed E-state index contributed by atoms with van der Waals surface area (Å²) in [6, 6.07) is 12.4. The zero-order valence-corrected chi connectivity index (χ0v) is 42.5. The highest BCUT2D eigenvalue weighted by Gasteiger charge is 2.38. The zero-order valence-electron chi connectivity index (χ0n) is 41.7. The van der Waals surface area contributed by atoms with E-state index in [4.69, 9.17) is 30.6 Å². The number of aryl methyl sites for hydroxylation is 1. The van der Waals surface area contributed by atoms with E-state index in [1.165, 1.54) is 13.2 Å². The Morgan fingerprint density at radius 2 is 1.64 bits per heavy atom. The number of ether oxygens (including phenoxy) is 3. The fourth-order valence-electron chi connectivity index (χ4n) is 8.20. The maximum absolute atomic E-state index is 14.0. The van der Waals surface area contributed by atoms with Crippen molar-refractivity contribution < 1.29 is 52.6 Å². The van der Waals surface area contributed by atoms with Crippen molar-refractivity contribution in [3.8, 4) is 5.75 Å². The van der Waals surface area contributed by atoms with Crippen molar-refractivity contribution in [2.24, 2.45) is 23.2 Å². The number of nitrogens with zero attached hydrogens (tertiary/aromatic N) is 5. The third-order valence-corrected chi connectivity index (χ3v) is 13.1. The number of aromatic nitrogens is 3. The highest BCUT2D eigenvalue weighted by Crippen LogP contribution is 2.34. The van der Waals surface area contributed by atoms with Gasteiger partial charge in [0.25, 0.3) is 11.8 Å². The number of rotatable bonds is 18. The summed E-state index contributed by atoms with van der Waals surface area (Å²) in [5.41, 5.74) is 2.35. The molecule has 3 heterocycles. The molecule has 70 heavy (non-hydrogen) atoms. The maximum Gasteiger partial charge on any atom is 0.347 e. The molecule has 3 aromatic rings. The molecule has 18 nitrogen and oxygen atoms in total. The number of imide groups is 1. The minimum Gasteiger partial charge on any atom is -0.495 e. The Bertz CT molecular complexity index is 2350. The van der Waals surface area contributed by atoms with Crippen molar-refractivity contribution in [1.82, 2.24) is 35.6 Å². The minimum absolute atomic E-state index is 0.00837. The van der Waals surface area contributed by atoms with Crippen LogP contribution < -0.4 is 15.4 Å². The van der Waals surface area contributed by atoms with E-state index in [1.54, 1.807) is 42.8 Å². The van der Waals surface area contributed by atoms with Crippen LogP contribution in [0.15, 0.2) is 60.8 Å². The first-order valence-electron chi connectivity index (χ1n) is 23.9. The van der Waals surface area contributed by atoms with Gasteiger partial charge >= 0.3 is 17.9 Å². The van der Waals surface area contributed by atoms with Gasteiger partial charge in [0.2, 0.25) is 11.8 Å². The molecule has 2 aliphatic heterocycles. The van der Waals surface area contributed by atoms with Gasteiger partial charge in [-0.25, -0.2) is 9.59 Å². The van der Waals surface area contributed by atoms with Crippen LogP contribution in [-0.2, 0) is 73.9 Å². The Balaban J connectivity index is 1.23. The molecular formula is C51H68ClN7O11. The lowest BCUT2D eigenvalue weighted by atomic mass is 9.77. The molecule has 0 aliphatic carbocycles. The fraction of sp³-hybridized carbons (Fsp3) is 0.549. The molecule has 1 aromatic heterocycles. The van der Waals surface area contributed by atoms with Gasteiger partial charge in [-0.1, -0.05) is 87.8 Å². The summed E-state index contributed by atoms with van der Waals surface area (Å²) < 4.78 is 19.1. The number of benzene rings is 2. The van der Waals surface area contributed by atoms with Gasteiger partial charge in [0.15, 0.2) is 6.10 Å². The fourth-order valence-corrected chi connectivity index (χ4v) is 8.48. The molecule has 0 unspecified atom stereocenters. The number of hydrogen-bond donors (Lipinski definition) is 2. The lowest BCUT2D eigenvalue weighted by Gasteiger charge is -2.33. The van der Waals surface area contributed by atoms with E-state index in [0.29, 0.717) is 47.5 Å². The van der Waals surface area contributed by atoms with E-state index in [-0.39, 0.29) is 68.7 Å². The number of carbonyl (C=O) groups excluding carboxylic acids is 7. The highest BCUT2D eigenvalue weighted by molar-refractivity contribution is 6.32. The molecule has 0 spiro atoms. The Hall–Kier alpha value is -6.14. The second-order valence-electron chi connectivity index (χ2n) is 19.5. The topological polar surface area (TPSA) is 218 Å². The van der Waals surface area contributed by atoms with Gasteiger partial charge in [0.1, 0.15) is 17.9 Å². The number of methoxy groups -OCH3 is 1. The van der Waals surface area contributed by atoms with Crippen molar-refractivity contribution >= 4 is 53.1 Å². The molecule has 6 atom stereocenters. The third kappa shape index (κ3) is 15.7. The second-order valence-corrected chi connectivity index (χ2v) is 19.9. The number of nitrogens with one attached hydrogen (secondary N) is 2. The molecule has 0 radical (unpaired) electrons. The van der Waals surface area contributed by atoms with Crippen LogP contribution in [0.1, 0.15) is 115 Å². The van der Waals surface area contributed by atoms with Gasteiger partial charge < -0.3 is 29.7 Å². The smallest absolute Gasteiger partial charge is 0.347 e. The van der Waals surface area contributed by atoms with Crippen molar-refractivity contribution in [1.29, 1.82) is 0 Å². The first-order chi connectivity index (χ1) is 33.1. The maximum atomic E-state index is 14.0. The number of hydroxylamine groups is 2. The average Bonchev–Trinajstić information content (AvgIpc) is 3.89. The van der Waals surface area contributed by atoms with Crippen molar-refractivity contribution in [3.05, 3.63) is 88.2 Å². The van der Waals surface area contributed by atoms with Crippen LogP contribution in [0.3, 0.4) is 0 Å². The monoisotopic (exact) mass is 989 g/mol. The molecule has 2 N–H and O–H groups in total. The third-order valence-electron chi connectivity index (χ3n) is 12.8. The molecule has 1 saturated heterocycles. The molecule has 1 fully saturated rings. The van der Waals surface area contributed by atoms with E-state index in [9.17, 15) is 33.6 Å². The molecule has 19 heteroatoms. The lowest BCUT2D eigenvalue weighted by Crippen LogP contribution is -2.51. The van der Waals surface area contributed by atoms with Crippen LogP contribution in [0.5, 0.6) is 5.75 Å². The molecule has 380 valence electrons. The van der Waals surface area contributed by atoms with E-state index < -0.39 is 65.2 Å². The number of hydrogen-bond acceptors (Lipinski definition) is 14. The number of carbonyl (C=O) groups is 7. The normalized spacial score (nSPS) is 21.1. The lowest BCUT2D eigenvalue weighted by molar-refractivity contribution is -0.197. The number of esters is 2. The Labute approximate surface area is 415 Å². The summed E-state index contributed by atoms with van der Waals surface area (Å²) in [5, 5.41) is 14.9. The van der Waals surface area contributed by atoms with Gasteiger partial charge in [-0.2, -0.15) is 0 Å². The summed E-state index contributed by atoms with van der Waals surface area (Å²) in [6.07, 6.45) is 3.87. The number of amides is 4. The van der Waals surface area contributed by atoms with E-state index >= 15 is 0 Å². The predicted octanol–water partition coefficient (Wildman–Crippen LogP) is 6.03. The summed E-state index contributed by atoms with van der Waals surface area (Å²) >= 11 is 6.39. The summed E-state index contributed by atoms with van der Waals surface area (Å²) in [4.78, 5) is 97.5. The van der Waals surface area contributed by atoms with Crippen LogP contribution in [0, 0.1) is 23.2 Å². The first-order valence-corrected chi connectivity index (χ1v) is 24.2. The van der Waals surface area contributed by atoms with Crippen LogP contribution in [0.2, 0.25) is 5.02 Å². The van der Waals surface area contributed by atoms with Crippen LogP contribution in [-0.4, -0.2) is 105 Å². The predicted molar refractivity (Wildman–Crippen MR) is 258 cm³/mol. The molecule has 2 aromatic carbocycles. The molecule has 4 amide bonds. The van der Waals surface area contributed by atoms with Gasteiger partial charge in [-0.3, -0.25) is 33.6 Å². The standard InChI is InChI=1S/C51H68ClN7O11/c1-31(2)24-43-49(65)68-41(12-10-13-44(60)54-40(26-36-17-20-42(67-9)39(52)25-36)48(64)53-30-51(6,7)50(66)69-43)34(5)32(3)33(4)37-18-15-35(16-19-37)27-57(8)28-38-29-58(56-55-38)23-11-14-47(63)70-59-45(61)21-22-46(59)62/h10,13,15-20,25,29,31-34,40-41,43H,11-12,14,21-24,26-28,30H2,1-9H3,(H,53,64)(H,54,60)/b13-10+/t32-,33-,34+,40+,41-,43-/m0/s1. The Kier molecular flexibility index (Phi) is 19.7. The van der Waals surface area contributed by atoms with Gasteiger partial charge in [0.05, 0.1) is 23.2 Å². The molecular weight excluding hydrogens is 922 g/mol.